The number of allylic oxidation sites excluding steroid dienone is 1. The van der Waals surface area contributed by atoms with Crippen molar-refractivity contribution < 1.29 is 9.13 Å². The van der Waals surface area contributed by atoms with Crippen molar-refractivity contribution in [3.05, 3.63) is 42.2 Å². The number of rotatable bonds is 6. The molecule has 1 saturated carbocycles. The molecule has 0 spiro atoms. The zero-order valence-electron chi connectivity index (χ0n) is 12.4. The molecule has 1 nitrogen and oxygen atoms in total. The Balaban J connectivity index is 1.65. The average molecular weight is 276 g/mol. The molecule has 0 amide bonds. The zero-order chi connectivity index (χ0) is 14.2. The van der Waals surface area contributed by atoms with Crippen LogP contribution >= 0.6 is 0 Å². The Bertz CT molecular complexity index is 402. The van der Waals surface area contributed by atoms with Gasteiger partial charge in [0.25, 0.3) is 0 Å². The Hall–Kier alpha value is -1.31. The van der Waals surface area contributed by atoms with Crippen molar-refractivity contribution >= 4 is 0 Å². The third kappa shape index (κ3) is 4.99. The van der Waals surface area contributed by atoms with E-state index in [-0.39, 0.29) is 5.82 Å². The fourth-order valence-electron chi connectivity index (χ4n) is 3.00. The van der Waals surface area contributed by atoms with Gasteiger partial charge in [-0.25, -0.2) is 4.39 Å². The highest BCUT2D eigenvalue weighted by molar-refractivity contribution is 5.22. The van der Waals surface area contributed by atoms with Gasteiger partial charge in [-0.1, -0.05) is 31.9 Å². The van der Waals surface area contributed by atoms with E-state index >= 15 is 0 Å². The summed E-state index contributed by atoms with van der Waals surface area (Å²) >= 11 is 0. The predicted molar refractivity (Wildman–Crippen MR) is 81.4 cm³/mol. The maximum Gasteiger partial charge on any atom is 0.123 e. The molecule has 0 atom stereocenters. The van der Waals surface area contributed by atoms with Crippen LogP contribution in [0.4, 0.5) is 4.39 Å². The van der Waals surface area contributed by atoms with E-state index in [0.29, 0.717) is 6.61 Å². The normalized spacial score (nSPS) is 23.1. The molecule has 2 rings (SSSR count). The second-order valence-corrected chi connectivity index (χ2v) is 5.76. The monoisotopic (exact) mass is 276 g/mol. The summed E-state index contributed by atoms with van der Waals surface area (Å²) in [5.74, 6) is 2.18. The van der Waals surface area contributed by atoms with Crippen LogP contribution in [-0.2, 0) is 0 Å². The van der Waals surface area contributed by atoms with Gasteiger partial charge in [-0.15, -0.1) is 0 Å². The topological polar surface area (TPSA) is 9.23 Å². The van der Waals surface area contributed by atoms with E-state index in [1.54, 1.807) is 12.1 Å². The Kier molecular flexibility index (Phi) is 6.10. The van der Waals surface area contributed by atoms with E-state index in [2.05, 4.69) is 19.1 Å². The van der Waals surface area contributed by atoms with Crippen molar-refractivity contribution in [2.75, 3.05) is 6.61 Å². The molecular weight excluding hydrogens is 251 g/mol. The van der Waals surface area contributed by atoms with E-state index in [0.717, 1.165) is 17.6 Å². The van der Waals surface area contributed by atoms with Crippen LogP contribution in [-0.4, -0.2) is 6.61 Å². The van der Waals surface area contributed by atoms with Crippen molar-refractivity contribution in [3.8, 4) is 5.75 Å². The Morgan fingerprint density at radius 3 is 2.50 bits per heavy atom. The van der Waals surface area contributed by atoms with Gasteiger partial charge >= 0.3 is 0 Å². The summed E-state index contributed by atoms with van der Waals surface area (Å²) in [6, 6.07) is 6.18. The van der Waals surface area contributed by atoms with Gasteiger partial charge in [-0.3, -0.25) is 0 Å². The van der Waals surface area contributed by atoms with E-state index < -0.39 is 0 Å². The van der Waals surface area contributed by atoms with Crippen molar-refractivity contribution in [2.45, 2.75) is 45.4 Å². The largest absolute Gasteiger partial charge is 0.490 e. The van der Waals surface area contributed by atoms with E-state index in [9.17, 15) is 4.39 Å². The summed E-state index contributed by atoms with van der Waals surface area (Å²) in [6.07, 6.45) is 12.5. The smallest absolute Gasteiger partial charge is 0.123 e. The van der Waals surface area contributed by atoms with Crippen LogP contribution in [0.5, 0.6) is 5.75 Å². The van der Waals surface area contributed by atoms with Crippen LogP contribution in [0.25, 0.3) is 0 Å². The molecule has 0 saturated heterocycles. The molecule has 0 aromatic heterocycles. The summed E-state index contributed by atoms with van der Waals surface area (Å²) in [5.41, 5.74) is 0. The maximum atomic E-state index is 12.7. The third-order valence-electron chi connectivity index (χ3n) is 4.16. The Labute approximate surface area is 121 Å². The SMILES string of the molecule is CCCC1CCC(/C=C/COc2ccc(F)cc2)CC1. The van der Waals surface area contributed by atoms with E-state index in [1.165, 1.54) is 50.7 Å². The molecule has 0 radical (unpaired) electrons. The second-order valence-electron chi connectivity index (χ2n) is 5.76. The van der Waals surface area contributed by atoms with E-state index in [1.807, 2.05) is 0 Å². The highest BCUT2D eigenvalue weighted by atomic mass is 19.1. The van der Waals surface area contributed by atoms with Crippen molar-refractivity contribution in [1.82, 2.24) is 0 Å². The van der Waals surface area contributed by atoms with Gasteiger partial charge in [0.05, 0.1) is 0 Å². The summed E-state index contributed by atoms with van der Waals surface area (Å²) < 4.78 is 18.3. The van der Waals surface area contributed by atoms with Crippen LogP contribution in [0.2, 0.25) is 0 Å². The van der Waals surface area contributed by atoms with Crippen LogP contribution in [0, 0.1) is 17.7 Å². The van der Waals surface area contributed by atoms with E-state index in [4.69, 9.17) is 4.74 Å². The first-order chi connectivity index (χ1) is 9.78. The summed E-state index contributed by atoms with van der Waals surface area (Å²) in [4.78, 5) is 0. The van der Waals surface area contributed by atoms with Gasteiger partial charge < -0.3 is 4.74 Å². The number of benzene rings is 1. The third-order valence-corrected chi connectivity index (χ3v) is 4.16. The van der Waals surface area contributed by atoms with Crippen LogP contribution in [0.15, 0.2) is 36.4 Å². The first kappa shape index (κ1) is 15.1. The molecule has 0 N–H and O–H groups in total. The van der Waals surface area contributed by atoms with Crippen LogP contribution in [0.3, 0.4) is 0 Å². The molecule has 0 unspecified atom stereocenters. The molecule has 1 aliphatic rings. The lowest BCUT2D eigenvalue weighted by molar-refractivity contribution is 0.292. The number of hydrogen-bond donors (Lipinski definition) is 0. The molecule has 20 heavy (non-hydrogen) atoms. The minimum atomic E-state index is -0.225. The van der Waals surface area contributed by atoms with Gasteiger partial charge in [0, 0.05) is 0 Å². The predicted octanol–water partition coefficient (Wildman–Crippen LogP) is 5.37. The molecule has 2 heteroatoms. The van der Waals surface area contributed by atoms with Gasteiger partial charge in [-0.05, 0) is 61.8 Å². The molecule has 1 aromatic carbocycles. The van der Waals surface area contributed by atoms with Gasteiger partial charge in [0.15, 0.2) is 0 Å². The fraction of sp³-hybridized carbons (Fsp3) is 0.556. The highest BCUT2D eigenvalue weighted by Crippen LogP contribution is 2.32. The Morgan fingerprint density at radius 1 is 1.15 bits per heavy atom. The fourth-order valence-corrected chi connectivity index (χ4v) is 3.00. The molecular formula is C18H25FO. The number of halogens is 1. The summed E-state index contributed by atoms with van der Waals surface area (Å²) in [6.45, 7) is 2.85. The molecule has 1 aliphatic carbocycles. The lowest BCUT2D eigenvalue weighted by atomic mass is 9.80. The van der Waals surface area contributed by atoms with Crippen molar-refractivity contribution in [3.63, 3.8) is 0 Å². The van der Waals surface area contributed by atoms with Crippen molar-refractivity contribution in [2.24, 2.45) is 11.8 Å². The Morgan fingerprint density at radius 2 is 1.85 bits per heavy atom. The van der Waals surface area contributed by atoms with Crippen LogP contribution in [0.1, 0.15) is 45.4 Å². The standard InChI is InChI=1S/C18H25FO/c1-2-4-15-6-8-16(9-7-15)5-3-14-20-18-12-10-17(19)11-13-18/h3,5,10-13,15-16H,2,4,6-9,14H2,1H3/b5-3+. The van der Waals surface area contributed by atoms with Gasteiger partial charge in [-0.2, -0.15) is 0 Å². The molecule has 0 aliphatic heterocycles. The molecule has 1 aromatic rings. The minimum absolute atomic E-state index is 0.225. The van der Waals surface area contributed by atoms with Gasteiger partial charge in [0.2, 0.25) is 0 Å². The second kappa shape index (κ2) is 8.08. The highest BCUT2D eigenvalue weighted by Gasteiger charge is 2.18. The van der Waals surface area contributed by atoms with Crippen molar-refractivity contribution in [1.29, 1.82) is 0 Å². The lowest BCUT2D eigenvalue weighted by Crippen LogP contribution is -2.13. The molecule has 0 heterocycles. The first-order valence-electron chi connectivity index (χ1n) is 7.83. The lowest BCUT2D eigenvalue weighted by Gasteiger charge is -2.26. The quantitative estimate of drug-likeness (QED) is 0.635. The zero-order valence-corrected chi connectivity index (χ0v) is 12.4. The molecule has 1 fully saturated rings. The first-order valence-corrected chi connectivity index (χ1v) is 7.83. The number of ether oxygens (including phenoxy) is 1. The summed E-state index contributed by atoms with van der Waals surface area (Å²) in [5, 5.41) is 0. The molecule has 110 valence electrons. The maximum absolute atomic E-state index is 12.7. The number of hydrogen-bond acceptors (Lipinski definition) is 1. The minimum Gasteiger partial charge on any atom is -0.490 e. The summed E-state index contributed by atoms with van der Waals surface area (Å²) in [7, 11) is 0. The molecule has 0 bridgehead atoms. The van der Waals surface area contributed by atoms with Gasteiger partial charge in [0.1, 0.15) is 18.2 Å². The average Bonchev–Trinajstić information content (AvgIpc) is 2.47. The van der Waals surface area contributed by atoms with Crippen LogP contribution < -0.4 is 4.74 Å².